The van der Waals surface area contributed by atoms with Gasteiger partial charge in [-0.15, -0.1) is 0 Å². The average Bonchev–Trinajstić information content (AvgIpc) is 2.63. The zero-order valence-electron chi connectivity index (χ0n) is 9.92. The number of ether oxygens (including phenoxy) is 1. The molecule has 86 valence electrons. The first-order chi connectivity index (χ1) is 7.26. The van der Waals surface area contributed by atoms with E-state index in [1.54, 1.807) is 6.08 Å². The Labute approximate surface area is 92.7 Å². The second-order valence-corrected chi connectivity index (χ2v) is 4.31. The molecule has 0 radical (unpaired) electrons. The molecule has 1 unspecified atom stereocenters. The minimum atomic E-state index is -0.163. The molecule has 0 aromatic carbocycles. The average molecular weight is 210 g/mol. The van der Waals surface area contributed by atoms with E-state index in [-0.39, 0.29) is 5.97 Å². The highest BCUT2D eigenvalue weighted by Gasteiger charge is 2.19. The maximum absolute atomic E-state index is 11.2. The van der Waals surface area contributed by atoms with Crippen LogP contribution in [-0.4, -0.2) is 12.6 Å². The van der Waals surface area contributed by atoms with Crippen LogP contribution in [0.3, 0.4) is 0 Å². The van der Waals surface area contributed by atoms with Crippen molar-refractivity contribution in [3.05, 3.63) is 11.6 Å². The zero-order chi connectivity index (χ0) is 11.1. The fourth-order valence-electron chi connectivity index (χ4n) is 2.19. The van der Waals surface area contributed by atoms with E-state index in [0.29, 0.717) is 6.61 Å². The van der Waals surface area contributed by atoms with Crippen molar-refractivity contribution >= 4 is 5.97 Å². The summed E-state index contributed by atoms with van der Waals surface area (Å²) in [6.07, 6.45) is 9.06. The molecule has 0 aromatic rings. The van der Waals surface area contributed by atoms with Crippen LogP contribution in [0.25, 0.3) is 0 Å². The predicted octanol–water partition coefficient (Wildman–Crippen LogP) is 3.47. The lowest BCUT2D eigenvalue weighted by Crippen LogP contribution is -2.00. The first-order valence-electron chi connectivity index (χ1n) is 6.12. The molecule has 1 rings (SSSR count). The van der Waals surface area contributed by atoms with E-state index in [1.807, 2.05) is 6.92 Å². The molecular weight excluding hydrogens is 188 g/mol. The number of carbonyl (C=O) groups excluding carboxylic acids is 1. The Hall–Kier alpha value is -0.790. The van der Waals surface area contributed by atoms with E-state index in [0.717, 1.165) is 18.8 Å². The van der Waals surface area contributed by atoms with Crippen LogP contribution < -0.4 is 0 Å². The topological polar surface area (TPSA) is 26.3 Å². The van der Waals surface area contributed by atoms with Gasteiger partial charge in [-0.2, -0.15) is 0 Å². The molecule has 1 saturated carbocycles. The van der Waals surface area contributed by atoms with Crippen LogP contribution in [0.2, 0.25) is 0 Å². The molecule has 0 bridgehead atoms. The molecule has 2 nitrogen and oxygen atoms in total. The maximum atomic E-state index is 11.2. The van der Waals surface area contributed by atoms with Gasteiger partial charge in [-0.1, -0.05) is 31.8 Å². The summed E-state index contributed by atoms with van der Waals surface area (Å²) in [6, 6.07) is 0. The summed E-state index contributed by atoms with van der Waals surface area (Å²) in [6.45, 7) is 4.54. The lowest BCUT2D eigenvalue weighted by Gasteiger charge is -2.05. The summed E-state index contributed by atoms with van der Waals surface area (Å²) < 4.78 is 4.90. The Morgan fingerprint density at radius 3 is 3.00 bits per heavy atom. The van der Waals surface area contributed by atoms with Crippen LogP contribution in [0.4, 0.5) is 0 Å². The van der Waals surface area contributed by atoms with Crippen LogP contribution in [0.15, 0.2) is 11.6 Å². The number of rotatable bonds is 5. The Bertz CT molecular complexity index is 231. The molecule has 0 amide bonds. The van der Waals surface area contributed by atoms with Gasteiger partial charge in [0, 0.05) is 6.08 Å². The standard InChI is InChI=1S/C13H22O2/c1-3-5-6-11-7-8-12(9-11)10-13(14)15-4-2/h10-11H,3-9H2,1-2H3/b12-10+. The Balaban J connectivity index is 2.31. The molecule has 0 aliphatic heterocycles. The lowest BCUT2D eigenvalue weighted by molar-refractivity contribution is -0.137. The highest BCUT2D eigenvalue weighted by Crippen LogP contribution is 2.33. The van der Waals surface area contributed by atoms with Crippen LogP contribution in [0.5, 0.6) is 0 Å². The number of unbranched alkanes of at least 4 members (excludes halogenated alkanes) is 1. The SMILES string of the molecule is CCCCC1CC/C(=C\C(=O)OCC)C1. The molecule has 0 aromatic heterocycles. The van der Waals surface area contributed by atoms with Crippen molar-refractivity contribution in [2.75, 3.05) is 6.61 Å². The Morgan fingerprint density at radius 1 is 1.53 bits per heavy atom. The fraction of sp³-hybridized carbons (Fsp3) is 0.769. The minimum Gasteiger partial charge on any atom is -0.463 e. The molecule has 0 N–H and O–H groups in total. The number of allylic oxidation sites excluding steroid dienone is 1. The first-order valence-corrected chi connectivity index (χ1v) is 6.12. The summed E-state index contributed by atoms with van der Waals surface area (Å²) in [7, 11) is 0. The van der Waals surface area contributed by atoms with Gasteiger partial charge in [0.15, 0.2) is 0 Å². The smallest absolute Gasteiger partial charge is 0.330 e. The van der Waals surface area contributed by atoms with Gasteiger partial charge in [-0.3, -0.25) is 0 Å². The van der Waals surface area contributed by atoms with E-state index < -0.39 is 0 Å². The van der Waals surface area contributed by atoms with E-state index in [4.69, 9.17) is 4.74 Å². The quantitative estimate of drug-likeness (QED) is 0.513. The summed E-state index contributed by atoms with van der Waals surface area (Å²) in [5.74, 6) is 0.647. The van der Waals surface area contributed by atoms with Crippen LogP contribution in [0.1, 0.15) is 52.4 Å². The van der Waals surface area contributed by atoms with Crippen molar-refractivity contribution in [1.82, 2.24) is 0 Å². The summed E-state index contributed by atoms with van der Waals surface area (Å²) in [4.78, 5) is 11.2. The van der Waals surface area contributed by atoms with Gasteiger partial charge in [0.2, 0.25) is 0 Å². The van der Waals surface area contributed by atoms with Crippen molar-refractivity contribution in [3.63, 3.8) is 0 Å². The highest BCUT2D eigenvalue weighted by atomic mass is 16.5. The summed E-state index contributed by atoms with van der Waals surface area (Å²) in [5, 5.41) is 0. The summed E-state index contributed by atoms with van der Waals surface area (Å²) >= 11 is 0. The van der Waals surface area contributed by atoms with Gasteiger partial charge in [0.1, 0.15) is 0 Å². The van der Waals surface area contributed by atoms with Gasteiger partial charge in [-0.25, -0.2) is 4.79 Å². The van der Waals surface area contributed by atoms with Gasteiger partial charge < -0.3 is 4.74 Å². The van der Waals surface area contributed by atoms with Gasteiger partial charge in [0.05, 0.1) is 6.61 Å². The summed E-state index contributed by atoms with van der Waals surface area (Å²) in [5.41, 5.74) is 1.29. The molecule has 1 atom stereocenters. The molecule has 0 saturated heterocycles. The van der Waals surface area contributed by atoms with Crippen molar-refractivity contribution in [2.24, 2.45) is 5.92 Å². The third kappa shape index (κ3) is 4.50. The molecule has 1 aliphatic rings. The van der Waals surface area contributed by atoms with E-state index in [2.05, 4.69) is 6.92 Å². The number of carbonyl (C=O) groups is 1. The number of hydrogen-bond donors (Lipinski definition) is 0. The van der Waals surface area contributed by atoms with Crippen molar-refractivity contribution in [3.8, 4) is 0 Å². The second kappa shape index (κ2) is 6.65. The third-order valence-electron chi connectivity index (χ3n) is 3.00. The zero-order valence-corrected chi connectivity index (χ0v) is 9.92. The van der Waals surface area contributed by atoms with E-state index in [1.165, 1.54) is 31.3 Å². The van der Waals surface area contributed by atoms with Crippen molar-refractivity contribution in [2.45, 2.75) is 52.4 Å². The van der Waals surface area contributed by atoms with E-state index >= 15 is 0 Å². The fourth-order valence-corrected chi connectivity index (χ4v) is 2.19. The molecule has 1 fully saturated rings. The van der Waals surface area contributed by atoms with Crippen LogP contribution >= 0.6 is 0 Å². The molecular formula is C13H22O2. The molecule has 0 spiro atoms. The van der Waals surface area contributed by atoms with Crippen molar-refractivity contribution in [1.29, 1.82) is 0 Å². The van der Waals surface area contributed by atoms with Crippen molar-refractivity contribution < 1.29 is 9.53 Å². The number of hydrogen-bond acceptors (Lipinski definition) is 2. The van der Waals surface area contributed by atoms with Crippen LogP contribution in [0, 0.1) is 5.92 Å². The van der Waals surface area contributed by atoms with Gasteiger partial charge >= 0.3 is 5.97 Å². The molecule has 2 heteroatoms. The first kappa shape index (κ1) is 12.3. The number of esters is 1. The van der Waals surface area contributed by atoms with Gasteiger partial charge in [0.25, 0.3) is 0 Å². The highest BCUT2D eigenvalue weighted by molar-refractivity contribution is 5.82. The van der Waals surface area contributed by atoms with Gasteiger partial charge in [-0.05, 0) is 32.1 Å². The maximum Gasteiger partial charge on any atom is 0.330 e. The third-order valence-corrected chi connectivity index (χ3v) is 3.00. The second-order valence-electron chi connectivity index (χ2n) is 4.31. The normalized spacial score (nSPS) is 23.3. The Kier molecular flexibility index (Phi) is 5.44. The van der Waals surface area contributed by atoms with E-state index in [9.17, 15) is 4.79 Å². The predicted molar refractivity (Wildman–Crippen MR) is 61.6 cm³/mol. The minimum absolute atomic E-state index is 0.163. The largest absolute Gasteiger partial charge is 0.463 e. The molecule has 1 aliphatic carbocycles. The van der Waals surface area contributed by atoms with Crippen LogP contribution in [-0.2, 0) is 9.53 Å². The molecule has 15 heavy (non-hydrogen) atoms. The molecule has 0 heterocycles. The lowest BCUT2D eigenvalue weighted by atomic mass is 10.0. The Morgan fingerprint density at radius 2 is 2.33 bits per heavy atom. The monoisotopic (exact) mass is 210 g/mol.